The fraction of sp³-hybridized carbons (Fsp3) is 0.600. The summed E-state index contributed by atoms with van der Waals surface area (Å²) in [7, 11) is 0. The number of nitrogens with zero attached hydrogens (tertiary/aromatic N) is 3. The van der Waals surface area contributed by atoms with E-state index in [4.69, 9.17) is 9.15 Å². The molecule has 0 spiro atoms. The molecular formula is C25H33N4O5+. The van der Waals surface area contributed by atoms with Crippen LogP contribution in [0.4, 0.5) is 5.69 Å². The van der Waals surface area contributed by atoms with Crippen LogP contribution in [0, 0.1) is 11.8 Å². The van der Waals surface area contributed by atoms with Gasteiger partial charge in [-0.3, -0.25) is 4.79 Å². The van der Waals surface area contributed by atoms with E-state index in [1.54, 1.807) is 18.5 Å². The second-order valence-corrected chi connectivity index (χ2v) is 10.2. The average Bonchev–Trinajstić information content (AvgIpc) is 3.40. The lowest BCUT2D eigenvalue weighted by Gasteiger charge is -2.52. The third-order valence-electron chi connectivity index (χ3n) is 8.09. The normalized spacial score (nSPS) is 28.7. The molecule has 1 saturated carbocycles. The molecule has 3 saturated heterocycles. The molecule has 9 nitrogen and oxygen atoms in total. The summed E-state index contributed by atoms with van der Waals surface area (Å²) in [6.45, 7) is 2.66. The van der Waals surface area contributed by atoms with Crippen molar-refractivity contribution in [1.29, 1.82) is 0 Å². The number of carbonyl (C=O) groups excluding carboxylic acids is 2. The zero-order valence-electron chi connectivity index (χ0n) is 19.4. The Morgan fingerprint density at radius 3 is 2.56 bits per heavy atom. The van der Waals surface area contributed by atoms with Gasteiger partial charge in [0.05, 0.1) is 43.7 Å². The third-order valence-corrected chi connectivity index (χ3v) is 8.09. The Kier molecular flexibility index (Phi) is 6.40. The van der Waals surface area contributed by atoms with Crippen LogP contribution in [0.25, 0.3) is 0 Å². The van der Waals surface area contributed by atoms with E-state index < -0.39 is 11.6 Å². The summed E-state index contributed by atoms with van der Waals surface area (Å²) in [5.41, 5.74) is -0.660. The molecule has 34 heavy (non-hydrogen) atoms. The number of fused-ring (bicyclic) bond motifs is 3. The first kappa shape index (κ1) is 23.0. The molecule has 182 valence electrons. The molecule has 2 aromatic heterocycles. The van der Waals surface area contributed by atoms with Gasteiger partial charge in [-0.25, -0.2) is 14.8 Å². The highest BCUT2D eigenvalue weighted by Gasteiger charge is 2.53. The number of aromatic nitrogens is 2. The largest absolute Gasteiger partial charge is 0.472 e. The maximum atomic E-state index is 13.6. The van der Waals surface area contributed by atoms with Crippen LogP contribution < -0.4 is 5.32 Å². The lowest BCUT2D eigenvalue weighted by molar-refractivity contribution is -0.939. The van der Waals surface area contributed by atoms with Crippen molar-refractivity contribution < 1.29 is 28.3 Å². The number of hydrogen-bond acceptors (Lipinski definition) is 7. The summed E-state index contributed by atoms with van der Waals surface area (Å²) in [5, 5.41) is 14.6. The molecule has 5 heterocycles. The molecule has 2 N–H and O–H groups in total. The van der Waals surface area contributed by atoms with E-state index in [1.807, 2.05) is 0 Å². The van der Waals surface area contributed by atoms with Crippen molar-refractivity contribution in [2.24, 2.45) is 11.8 Å². The number of aliphatic hydroxyl groups is 1. The monoisotopic (exact) mass is 469 g/mol. The molecule has 1 amide bonds. The maximum Gasteiger partial charge on any atom is 0.343 e. The molecule has 2 atom stereocenters. The molecule has 0 radical (unpaired) electrons. The molecule has 4 aliphatic rings. The number of quaternary nitrogens is 1. The van der Waals surface area contributed by atoms with Gasteiger partial charge in [0.2, 0.25) is 0 Å². The molecule has 3 aliphatic heterocycles. The minimum Gasteiger partial charge on any atom is -0.472 e. The van der Waals surface area contributed by atoms with Gasteiger partial charge < -0.3 is 24.1 Å². The first-order valence-electron chi connectivity index (χ1n) is 12.3. The number of ether oxygens (including phenoxy) is 1. The minimum absolute atomic E-state index is 0.0997. The highest BCUT2D eigenvalue weighted by atomic mass is 16.6. The molecule has 1 unspecified atom stereocenters. The Labute approximate surface area is 199 Å². The topological polar surface area (TPSA) is 115 Å². The number of carbonyl (C=O) groups is 2. The van der Waals surface area contributed by atoms with Gasteiger partial charge in [0.15, 0.2) is 18.2 Å². The first-order valence-corrected chi connectivity index (χ1v) is 12.3. The first-order chi connectivity index (χ1) is 16.5. The number of hydrogen-bond donors (Lipinski definition) is 2. The van der Waals surface area contributed by atoms with Crippen LogP contribution in [0.3, 0.4) is 0 Å². The van der Waals surface area contributed by atoms with Crippen LogP contribution >= 0.6 is 0 Å². The quantitative estimate of drug-likeness (QED) is 0.473. The Hall–Kier alpha value is -2.78. The van der Waals surface area contributed by atoms with Crippen molar-refractivity contribution in [3.8, 4) is 0 Å². The number of furan rings is 1. The fourth-order valence-corrected chi connectivity index (χ4v) is 6.19. The fourth-order valence-electron chi connectivity index (χ4n) is 6.19. The van der Waals surface area contributed by atoms with Gasteiger partial charge in [0, 0.05) is 30.2 Å². The zero-order valence-corrected chi connectivity index (χ0v) is 19.4. The van der Waals surface area contributed by atoms with Gasteiger partial charge in [0.1, 0.15) is 12.9 Å². The number of anilines is 1. The predicted molar refractivity (Wildman–Crippen MR) is 122 cm³/mol. The van der Waals surface area contributed by atoms with Crippen molar-refractivity contribution in [3.05, 3.63) is 42.9 Å². The van der Waals surface area contributed by atoms with E-state index in [0.717, 1.165) is 58.0 Å². The van der Waals surface area contributed by atoms with Crippen molar-refractivity contribution in [2.45, 2.75) is 56.7 Å². The summed E-state index contributed by atoms with van der Waals surface area (Å²) >= 11 is 0. The number of piperidine rings is 3. The van der Waals surface area contributed by atoms with E-state index >= 15 is 0 Å². The molecule has 0 aromatic carbocycles. The van der Waals surface area contributed by atoms with E-state index in [-0.39, 0.29) is 23.8 Å². The maximum absolute atomic E-state index is 13.6. The van der Waals surface area contributed by atoms with E-state index in [9.17, 15) is 14.7 Å². The van der Waals surface area contributed by atoms with Crippen LogP contribution in [0.5, 0.6) is 0 Å². The average molecular weight is 470 g/mol. The summed E-state index contributed by atoms with van der Waals surface area (Å²) < 4.78 is 11.9. The Balaban J connectivity index is 1.29. The smallest absolute Gasteiger partial charge is 0.343 e. The molecule has 6 rings (SSSR count). The molecule has 1 aliphatic carbocycles. The molecule has 9 heteroatoms. The minimum atomic E-state index is -1.70. The van der Waals surface area contributed by atoms with Gasteiger partial charge in [-0.2, -0.15) is 0 Å². The van der Waals surface area contributed by atoms with Crippen LogP contribution in [-0.4, -0.2) is 63.7 Å². The van der Waals surface area contributed by atoms with Crippen molar-refractivity contribution >= 4 is 17.6 Å². The molecule has 2 bridgehead atoms. The van der Waals surface area contributed by atoms with Crippen LogP contribution in [0.1, 0.15) is 50.5 Å². The van der Waals surface area contributed by atoms with Crippen LogP contribution in [0.15, 0.2) is 41.7 Å². The Bertz CT molecular complexity index is 984. The summed E-state index contributed by atoms with van der Waals surface area (Å²) in [6.07, 6.45) is 13.7. The van der Waals surface area contributed by atoms with Gasteiger partial charge in [-0.05, 0) is 18.9 Å². The highest BCUT2D eigenvalue weighted by molar-refractivity contribution is 5.91. The Morgan fingerprint density at radius 1 is 1.15 bits per heavy atom. The van der Waals surface area contributed by atoms with E-state index in [0.29, 0.717) is 28.8 Å². The second-order valence-electron chi connectivity index (χ2n) is 10.2. The van der Waals surface area contributed by atoms with Gasteiger partial charge in [-0.1, -0.05) is 19.3 Å². The van der Waals surface area contributed by atoms with Gasteiger partial charge in [0.25, 0.3) is 5.91 Å². The van der Waals surface area contributed by atoms with Crippen molar-refractivity contribution in [3.63, 3.8) is 0 Å². The third kappa shape index (κ3) is 4.46. The summed E-state index contributed by atoms with van der Waals surface area (Å²) in [4.78, 5) is 34.2. The van der Waals surface area contributed by atoms with E-state index in [2.05, 4.69) is 15.3 Å². The number of rotatable bonds is 7. The highest BCUT2D eigenvalue weighted by Crippen LogP contribution is 2.42. The van der Waals surface area contributed by atoms with E-state index in [1.165, 1.54) is 18.9 Å². The number of esters is 1. The molecule has 2 aromatic rings. The second kappa shape index (κ2) is 9.46. The predicted octanol–water partition coefficient (Wildman–Crippen LogP) is 2.63. The van der Waals surface area contributed by atoms with Gasteiger partial charge >= 0.3 is 5.97 Å². The van der Waals surface area contributed by atoms with Crippen LogP contribution in [-0.2, 0) is 19.9 Å². The molecule has 4 fully saturated rings. The Morgan fingerprint density at radius 2 is 1.88 bits per heavy atom. The summed E-state index contributed by atoms with van der Waals surface area (Å²) in [6, 6.07) is 1.66. The number of nitrogens with one attached hydrogen (secondary N) is 1. The van der Waals surface area contributed by atoms with Crippen molar-refractivity contribution in [1.82, 2.24) is 9.97 Å². The summed E-state index contributed by atoms with van der Waals surface area (Å²) in [5.74, 6) is -0.607. The lowest BCUT2D eigenvalue weighted by Crippen LogP contribution is -2.66. The lowest BCUT2D eigenvalue weighted by atomic mass is 9.74. The number of amides is 1. The van der Waals surface area contributed by atoms with Gasteiger partial charge in [-0.15, -0.1) is 0 Å². The zero-order chi connectivity index (χ0) is 23.6. The molecular weight excluding hydrogens is 436 g/mol. The van der Waals surface area contributed by atoms with Crippen LogP contribution in [0.2, 0.25) is 0 Å². The van der Waals surface area contributed by atoms with Crippen molar-refractivity contribution in [2.75, 3.05) is 31.5 Å². The SMILES string of the molecule is O=C(C[N+]12CCC(CC1)[C@@H](OC(=O)C(O)(c1ccoc1)C1CCCCC1)C2)Nc1cncnc1. The standard InChI is InChI=1S/C25H32N4O5/c30-23(28-21-12-26-17-27-13-21)15-29-9-6-18(7-10-29)22(14-29)34-24(31)25(32,20-8-11-33-16-20)19-4-2-1-3-5-19/h8,11-13,16-19,22,32H,1-7,9-10,14-15H2/p+1/t18?,22-,25?,29?/m0/s1.